The molecule has 0 spiro atoms. The molecule has 5 amide bonds. The van der Waals surface area contributed by atoms with Crippen molar-refractivity contribution in [2.45, 2.75) is 50.7 Å². The Morgan fingerprint density at radius 2 is 1.66 bits per heavy atom. The first-order chi connectivity index (χ1) is 18.4. The Kier molecular flexibility index (Phi) is 6.39. The number of likely N-dealkylation sites (tertiary alicyclic amines) is 1. The molecule has 3 saturated heterocycles. The normalized spacial score (nSPS) is 22.9. The lowest BCUT2D eigenvalue weighted by Gasteiger charge is -2.32. The summed E-state index contributed by atoms with van der Waals surface area (Å²) < 4.78 is 0. The van der Waals surface area contributed by atoms with E-state index in [-0.39, 0.29) is 30.2 Å². The SMILES string of the molecule is CN1CCN(c2ccc(CN3CCC(c4ccc5c(c4)CN(C4CCC(=O)NC4=O)C5=O)CC3)cc2)C1=O. The Bertz CT molecular complexity index is 1280. The molecule has 4 aliphatic rings. The minimum absolute atomic E-state index is 0.0550. The van der Waals surface area contributed by atoms with Crippen molar-refractivity contribution in [3.8, 4) is 0 Å². The van der Waals surface area contributed by atoms with Crippen LogP contribution in [0.5, 0.6) is 0 Å². The van der Waals surface area contributed by atoms with E-state index >= 15 is 0 Å². The smallest absolute Gasteiger partial charge is 0.324 e. The number of carbonyl (C=O) groups is 4. The number of likely N-dealkylation sites (N-methyl/N-ethyl adjacent to an activating group) is 1. The molecular weight excluding hydrogens is 482 g/mol. The van der Waals surface area contributed by atoms with Crippen molar-refractivity contribution >= 4 is 29.4 Å². The first kappa shape index (κ1) is 24.6. The van der Waals surface area contributed by atoms with Crippen LogP contribution in [0.25, 0.3) is 0 Å². The average Bonchev–Trinajstić information content (AvgIpc) is 3.43. The third-order valence-corrected chi connectivity index (χ3v) is 8.48. The first-order valence-corrected chi connectivity index (χ1v) is 13.5. The van der Waals surface area contributed by atoms with Crippen LogP contribution in [0.1, 0.15) is 58.6 Å². The van der Waals surface area contributed by atoms with Crippen molar-refractivity contribution in [3.05, 3.63) is 64.7 Å². The van der Waals surface area contributed by atoms with Crippen molar-refractivity contribution in [3.63, 3.8) is 0 Å². The van der Waals surface area contributed by atoms with E-state index in [1.807, 2.05) is 30.1 Å². The third-order valence-electron chi connectivity index (χ3n) is 8.48. The number of nitrogens with zero attached hydrogens (tertiary/aromatic N) is 4. The number of imide groups is 1. The zero-order valence-corrected chi connectivity index (χ0v) is 21.7. The van der Waals surface area contributed by atoms with Crippen LogP contribution in [0.3, 0.4) is 0 Å². The molecule has 9 heteroatoms. The van der Waals surface area contributed by atoms with Crippen LogP contribution >= 0.6 is 0 Å². The molecule has 1 unspecified atom stereocenters. The molecule has 0 radical (unpaired) electrons. The molecule has 198 valence electrons. The van der Waals surface area contributed by atoms with E-state index in [1.54, 1.807) is 9.80 Å². The van der Waals surface area contributed by atoms with Crippen LogP contribution in [-0.2, 0) is 22.7 Å². The highest BCUT2D eigenvalue weighted by molar-refractivity contribution is 6.05. The molecule has 0 bridgehead atoms. The second kappa shape index (κ2) is 9.87. The highest BCUT2D eigenvalue weighted by atomic mass is 16.2. The Hall–Kier alpha value is -3.72. The van der Waals surface area contributed by atoms with Gasteiger partial charge in [-0.05, 0) is 73.2 Å². The number of nitrogens with one attached hydrogen (secondary N) is 1. The highest BCUT2D eigenvalue weighted by Gasteiger charge is 2.39. The molecule has 9 nitrogen and oxygen atoms in total. The summed E-state index contributed by atoms with van der Waals surface area (Å²) in [6.07, 6.45) is 2.75. The van der Waals surface area contributed by atoms with E-state index < -0.39 is 6.04 Å². The molecule has 0 saturated carbocycles. The number of rotatable bonds is 5. The molecule has 6 rings (SSSR count). The van der Waals surface area contributed by atoms with E-state index in [0.29, 0.717) is 24.4 Å². The molecule has 2 aromatic carbocycles. The molecule has 0 aromatic heterocycles. The fourth-order valence-electron chi connectivity index (χ4n) is 6.20. The van der Waals surface area contributed by atoms with Crippen LogP contribution in [0.2, 0.25) is 0 Å². The van der Waals surface area contributed by atoms with Gasteiger partial charge in [0.2, 0.25) is 11.8 Å². The summed E-state index contributed by atoms with van der Waals surface area (Å²) in [4.78, 5) is 56.7. The third kappa shape index (κ3) is 4.55. The van der Waals surface area contributed by atoms with Crippen LogP contribution in [0.4, 0.5) is 10.5 Å². The molecule has 2 aromatic rings. The number of anilines is 1. The highest BCUT2D eigenvalue weighted by Crippen LogP contribution is 2.34. The molecule has 1 N–H and O–H groups in total. The Labute approximate surface area is 222 Å². The Balaban J connectivity index is 1.04. The fraction of sp³-hybridized carbons (Fsp3) is 0.448. The number of hydrogen-bond acceptors (Lipinski definition) is 5. The van der Waals surface area contributed by atoms with Crippen LogP contribution in [0, 0.1) is 0 Å². The van der Waals surface area contributed by atoms with Crippen LogP contribution in [0.15, 0.2) is 42.5 Å². The van der Waals surface area contributed by atoms with E-state index in [9.17, 15) is 19.2 Å². The maximum atomic E-state index is 13.0. The van der Waals surface area contributed by atoms with Gasteiger partial charge in [-0.25, -0.2) is 4.79 Å². The summed E-state index contributed by atoms with van der Waals surface area (Å²) in [5, 5.41) is 2.36. The lowest BCUT2D eigenvalue weighted by atomic mass is 9.87. The summed E-state index contributed by atoms with van der Waals surface area (Å²) in [5.74, 6) is -0.325. The number of fused-ring (bicyclic) bond motifs is 1. The standard InChI is InChI=1S/C29H33N5O4/c1-31-14-15-33(29(31)38)23-5-2-19(3-6-23)17-32-12-10-20(11-13-32)21-4-7-24-22(16-21)18-34(28(24)37)25-8-9-26(35)30-27(25)36/h2-7,16,20,25H,8-15,17-18H2,1H3,(H,30,35,36). The van der Waals surface area contributed by atoms with Gasteiger partial charge >= 0.3 is 6.03 Å². The van der Waals surface area contributed by atoms with Crippen molar-refractivity contribution in [2.75, 3.05) is 38.1 Å². The number of hydrogen-bond donors (Lipinski definition) is 1. The van der Waals surface area contributed by atoms with E-state index in [4.69, 9.17) is 0 Å². The Morgan fingerprint density at radius 1 is 0.895 bits per heavy atom. The van der Waals surface area contributed by atoms with Gasteiger partial charge in [0, 0.05) is 50.9 Å². The molecule has 38 heavy (non-hydrogen) atoms. The second-order valence-electron chi connectivity index (χ2n) is 10.9. The van der Waals surface area contributed by atoms with Gasteiger partial charge in [0.25, 0.3) is 5.91 Å². The summed E-state index contributed by atoms with van der Waals surface area (Å²) >= 11 is 0. The minimum Gasteiger partial charge on any atom is -0.326 e. The largest absolute Gasteiger partial charge is 0.326 e. The maximum absolute atomic E-state index is 13.0. The molecule has 4 heterocycles. The van der Waals surface area contributed by atoms with E-state index in [1.165, 1.54) is 11.1 Å². The van der Waals surface area contributed by atoms with Crippen molar-refractivity contribution in [1.82, 2.24) is 20.0 Å². The summed E-state index contributed by atoms with van der Waals surface area (Å²) in [7, 11) is 1.83. The molecule has 1 atom stereocenters. The van der Waals surface area contributed by atoms with Crippen LogP contribution < -0.4 is 10.2 Å². The minimum atomic E-state index is -0.578. The number of piperidine rings is 2. The topological polar surface area (TPSA) is 93.3 Å². The summed E-state index contributed by atoms with van der Waals surface area (Å²) in [6.45, 7) is 4.80. The van der Waals surface area contributed by atoms with Gasteiger partial charge in [0.1, 0.15) is 6.04 Å². The van der Waals surface area contributed by atoms with Crippen molar-refractivity contribution < 1.29 is 19.2 Å². The molecule has 3 fully saturated rings. The van der Waals surface area contributed by atoms with Gasteiger partial charge in [0.05, 0.1) is 0 Å². The number of urea groups is 1. The Morgan fingerprint density at radius 3 is 2.34 bits per heavy atom. The van der Waals surface area contributed by atoms with Crippen LogP contribution in [-0.4, -0.2) is 77.7 Å². The lowest BCUT2D eigenvalue weighted by molar-refractivity contribution is -0.136. The van der Waals surface area contributed by atoms with Gasteiger partial charge in [-0.2, -0.15) is 0 Å². The van der Waals surface area contributed by atoms with E-state index in [2.05, 4.69) is 34.5 Å². The predicted molar refractivity (Wildman–Crippen MR) is 142 cm³/mol. The summed E-state index contributed by atoms with van der Waals surface area (Å²) in [5.41, 5.74) is 5.10. The molecular formula is C29H33N5O4. The first-order valence-electron chi connectivity index (χ1n) is 13.5. The predicted octanol–water partition coefficient (Wildman–Crippen LogP) is 2.70. The van der Waals surface area contributed by atoms with Gasteiger partial charge in [-0.1, -0.05) is 24.3 Å². The van der Waals surface area contributed by atoms with Gasteiger partial charge < -0.3 is 9.80 Å². The number of amides is 5. The molecule has 0 aliphatic carbocycles. The monoisotopic (exact) mass is 515 g/mol. The average molecular weight is 516 g/mol. The van der Waals surface area contributed by atoms with E-state index in [0.717, 1.165) is 56.8 Å². The zero-order chi connectivity index (χ0) is 26.4. The maximum Gasteiger partial charge on any atom is 0.324 e. The van der Waals surface area contributed by atoms with Gasteiger partial charge in [0.15, 0.2) is 0 Å². The van der Waals surface area contributed by atoms with Gasteiger partial charge in [-0.3, -0.25) is 29.5 Å². The number of carbonyl (C=O) groups excluding carboxylic acids is 4. The van der Waals surface area contributed by atoms with Crippen molar-refractivity contribution in [1.29, 1.82) is 0 Å². The van der Waals surface area contributed by atoms with Gasteiger partial charge in [-0.15, -0.1) is 0 Å². The fourth-order valence-corrected chi connectivity index (χ4v) is 6.20. The lowest BCUT2D eigenvalue weighted by Crippen LogP contribution is -2.52. The number of benzene rings is 2. The quantitative estimate of drug-likeness (QED) is 0.618. The zero-order valence-electron chi connectivity index (χ0n) is 21.7. The molecule has 4 aliphatic heterocycles. The summed E-state index contributed by atoms with van der Waals surface area (Å²) in [6, 6.07) is 13.9. The second-order valence-corrected chi connectivity index (χ2v) is 10.9. The van der Waals surface area contributed by atoms with Crippen molar-refractivity contribution in [2.24, 2.45) is 0 Å².